The van der Waals surface area contributed by atoms with Gasteiger partial charge in [0.2, 0.25) is 15.7 Å². The van der Waals surface area contributed by atoms with E-state index in [1.807, 2.05) is 0 Å². The fourth-order valence-electron chi connectivity index (χ4n) is 3.52. The van der Waals surface area contributed by atoms with E-state index in [4.69, 9.17) is 4.74 Å². The lowest BCUT2D eigenvalue weighted by molar-refractivity contribution is -0.131. The number of fused-ring (bicyclic) bond motifs is 1. The van der Waals surface area contributed by atoms with Gasteiger partial charge in [0.1, 0.15) is 18.4 Å². The Morgan fingerprint density at radius 2 is 1.91 bits per heavy atom. The SMILES string of the molecule is CC#CCOc1ccc(S(=O)(=O)C2C(C(=O)NO)NCc3ccccc3N2C(C)=O)cc1. The van der Waals surface area contributed by atoms with Gasteiger partial charge in [-0.3, -0.25) is 25.0 Å². The molecule has 0 aromatic heterocycles. The number of hydrogen-bond donors (Lipinski definition) is 3. The van der Waals surface area contributed by atoms with Crippen molar-refractivity contribution in [2.24, 2.45) is 0 Å². The molecule has 1 heterocycles. The number of ether oxygens (including phenoxy) is 1. The van der Waals surface area contributed by atoms with Crippen LogP contribution in [0.1, 0.15) is 19.4 Å². The Labute approximate surface area is 186 Å². The second kappa shape index (κ2) is 9.82. The third-order valence-corrected chi connectivity index (χ3v) is 7.04. The molecule has 0 radical (unpaired) electrons. The van der Waals surface area contributed by atoms with Crippen molar-refractivity contribution in [3.8, 4) is 17.6 Å². The molecule has 10 heteroatoms. The Morgan fingerprint density at radius 1 is 1.22 bits per heavy atom. The lowest BCUT2D eigenvalue weighted by Crippen LogP contribution is -2.59. The number of carbonyl (C=O) groups is 2. The minimum absolute atomic E-state index is 0.111. The minimum Gasteiger partial charge on any atom is -0.481 e. The van der Waals surface area contributed by atoms with Gasteiger partial charge in [0.25, 0.3) is 5.91 Å². The van der Waals surface area contributed by atoms with Gasteiger partial charge in [-0.15, -0.1) is 5.92 Å². The molecular formula is C22H23N3O6S. The molecule has 0 saturated carbocycles. The van der Waals surface area contributed by atoms with E-state index in [1.54, 1.807) is 31.2 Å². The third kappa shape index (κ3) is 4.60. The largest absolute Gasteiger partial charge is 0.481 e. The predicted octanol–water partition coefficient (Wildman–Crippen LogP) is 1.22. The van der Waals surface area contributed by atoms with E-state index in [-0.39, 0.29) is 18.0 Å². The highest BCUT2D eigenvalue weighted by Gasteiger charge is 2.46. The Bertz CT molecular complexity index is 1170. The summed E-state index contributed by atoms with van der Waals surface area (Å²) in [4.78, 5) is 26.1. The second-order valence-corrected chi connectivity index (χ2v) is 9.02. The minimum atomic E-state index is -4.28. The van der Waals surface area contributed by atoms with Gasteiger partial charge in [0.15, 0.2) is 5.37 Å². The lowest BCUT2D eigenvalue weighted by Gasteiger charge is -2.33. The molecule has 2 atom stereocenters. The average Bonchev–Trinajstić information content (AvgIpc) is 2.97. The number of nitrogens with one attached hydrogen (secondary N) is 2. The average molecular weight is 458 g/mol. The van der Waals surface area contributed by atoms with Crippen molar-refractivity contribution in [1.82, 2.24) is 10.8 Å². The summed E-state index contributed by atoms with van der Waals surface area (Å²) in [5.74, 6) is 4.31. The van der Waals surface area contributed by atoms with Gasteiger partial charge < -0.3 is 4.74 Å². The molecule has 3 N–H and O–H groups in total. The summed E-state index contributed by atoms with van der Waals surface area (Å²) < 4.78 is 32.8. The van der Waals surface area contributed by atoms with Gasteiger partial charge in [-0.1, -0.05) is 24.1 Å². The molecule has 0 bridgehead atoms. The Morgan fingerprint density at radius 3 is 2.53 bits per heavy atom. The quantitative estimate of drug-likeness (QED) is 0.350. The maximum Gasteiger partial charge on any atom is 0.263 e. The van der Waals surface area contributed by atoms with Crippen molar-refractivity contribution in [3.63, 3.8) is 0 Å². The predicted molar refractivity (Wildman–Crippen MR) is 117 cm³/mol. The first-order valence-corrected chi connectivity index (χ1v) is 11.3. The molecule has 2 unspecified atom stereocenters. The van der Waals surface area contributed by atoms with E-state index in [2.05, 4.69) is 17.2 Å². The molecule has 0 saturated heterocycles. The Balaban J connectivity index is 2.10. The van der Waals surface area contributed by atoms with Gasteiger partial charge in [0.05, 0.1) is 4.90 Å². The first-order chi connectivity index (χ1) is 15.3. The molecule has 32 heavy (non-hydrogen) atoms. The number of rotatable bonds is 5. The highest BCUT2D eigenvalue weighted by atomic mass is 32.2. The van der Waals surface area contributed by atoms with Gasteiger partial charge in [-0.05, 0) is 42.8 Å². The topological polar surface area (TPSA) is 125 Å². The highest BCUT2D eigenvalue weighted by molar-refractivity contribution is 7.92. The van der Waals surface area contributed by atoms with Crippen molar-refractivity contribution >= 4 is 27.3 Å². The van der Waals surface area contributed by atoms with E-state index in [0.29, 0.717) is 17.0 Å². The summed E-state index contributed by atoms with van der Waals surface area (Å²) >= 11 is 0. The molecule has 2 aromatic carbocycles. The van der Waals surface area contributed by atoms with Gasteiger partial charge in [0, 0.05) is 19.2 Å². The summed E-state index contributed by atoms with van der Waals surface area (Å²) in [5, 5.41) is 10.5. The zero-order valence-electron chi connectivity index (χ0n) is 17.5. The van der Waals surface area contributed by atoms with Crippen molar-refractivity contribution in [2.75, 3.05) is 11.5 Å². The molecule has 9 nitrogen and oxygen atoms in total. The molecule has 1 aliphatic heterocycles. The van der Waals surface area contributed by atoms with Crippen molar-refractivity contribution in [3.05, 3.63) is 54.1 Å². The number of amides is 2. The van der Waals surface area contributed by atoms with E-state index in [9.17, 15) is 23.2 Å². The molecule has 0 spiro atoms. The summed E-state index contributed by atoms with van der Waals surface area (Å²) in [6.07, 6.45) is 0. The monoisotopic (exact) mass is 457 g/mol. The van der Waals surface area contributed by atoms with Gasteiger partial charge in [-0.25, -0.2) is 13.9 Å². The second-order valence-electron chi connectivity index (χ2n) is 6.97. The number of benzene rings is 2. The Kier molecular flexibility index (Phi) is 7.15. The van der Waals surface area contributed by atoms with Crippen LogP contribution in [0.5, 0.6) is 5.75 Å². The standard InChI is InChI=1S/C22H23N3O6S/c1-3-4-13-31-17-9-11-18(12-10-17)32(29,30)22-20(21(27)24-28)23-14-16-7-5-6-8-19(16)25(22)15(2)26/h5-12,20,22-23,28H,13-14H2,1-2H3,(H,24,27). The summed E-state index contributed by atoms with van der Waals surface area (Å²) in [5.41, 5.74) is 2.51. The maximum atomic E-state index is 13.7. The number of hydroxylamine groups is 1. The van der Waals surface area contributed by atoms with Crippen LogP contribution < -0.4 is 20.4 Å². The lowest BCUT2D eigenvalue weighted by atomic mass is 10.1. The van der Waals surface area contributed by atoms with Gasteiger partial charge in [-0.2, -0.15) is 0 Å². The third-order valence-electron chi connectivity index (χ3n) is 4.99. The van der Waals surface area contributed by atoms with Crippen LogP contribution in [-0.2, 0) is 26.0 Å². The van der Waals surface area contributed by atoms with Crippen LogP contribution >= 0.6 is 0 Å². The summed E-state index contributed by atoms with van der Waals surface area (Å²) in [6.45, 7) is 3.18. The highest BCUT2D eigenvalue weighted by Crippen LogP contribution is 2.32. The van der Waals surface area contributed by atoms with Crippen molar-refractivity contribution in [2.45, 2.75) is 36.7 Å². The van der Waals surface area contributed by atoms with E-state index in [0.717, 1.165) is 4.90 Å². The summed E-state index contributed by atoms with van der Waals surface area (Å²) in [7, 11) is -4.28. The van der Waals surface area contributed by atoms with Crippen LogP contribution in [-0.4, -0.2) is 43.5 Å². The number of hydrogen-bond acceptors (Lipinski definition) is 7. The molecule has 3 rings (SSSR count). The van der Waals surface area contributed by atoms with Crippen LogP contribution in [0.4, 0.5) is 5.69 Å². The maximum absolute atomic E-state index is 13.7. The first-order valence-electron chi connectivity index (χ1n) is 9.72. The fourth-order valence-corrected chi connectivity index (χ4v) is 5.43. The molecule has 2 aromatic rings. The van der Waals surface area contributed by atoms with Gasteiger partial charge >= 0.3 is 0 Å². The molecule has 1 aliphatic rings. The fraction of sp³-hybridized carbons (Fsp3) is 0.273. The van der Waals surface area contributed by atoms with Crippen LogP contribution in [0.2, 0.25) is 0 Å². The molecular weight excluding hydrogens is 434 g/mol. The first kappa shape index (κ1) is 23.3. The zero-order chi connectivity index (χ0) is 23.3. The van der Waals surface area contributed by atoms with Crippen LogP contribution in [0.15, 0.2) is 53.4 Å². The van der Waals surface area contributed by atoms with Crippen LogP contribution in [0.3, 0.4) is 0 Å². The van der Waals surface area contributed by atoms with E-state index < -0.39 is 33.1 Å². The number of anilines is 1. The smallest absolute Gasteiger partial charge is 0.263 e. The molecule has 168 valence electrons. The number of para-hydroxylation sites is 1. The Hall–Kier alpha value is -3.39. The van der Waals surface area contributed by atoms with Crippen LogP contribution in [0, 0.1) is 11.8 Å². The number of carbonyl (C=O) groups excluding carboxylic acids is 2. The molecule has 0 aliphatic carbocycles. The zero-order valence-corrected chi connectivity index (χ0v) is 18.3. The van der Waals surface area contributed by atoms with Crippen molar-refractivity contribution < 1.29 is 28.0 Å². The normalized spacial score (nSPS) is 17.9. The van der Waals surface area contributed by atoms with Crippen molar-refractivity contribution in [1.29, 1.82) is 0 Å². The molecule has 2 amide bonds. The number of sulfone groups is 1. The van der Waals surface area contributed by atoms with E-state index in [1.165, 1.54) is 36.7 Å². The summed E-state index contributed by atoms with van der Waals surface area (Å²) in [6, 6.07) is 11.0. The molecule has 0 fully saturated rings. The van der Waals surface area contributed by atoms with E-state index >= 15 is 0 Å². The number of nitrogens with zero attached hydrogens (tertiary/aromatic N) is 1. The van der Waals surface area contributed by atoms with Crippen LogP contribution in [0.25, 0.3) is 0 Å².